The van der Waals surface area contributed by atoms with E-state index in [1.807, 2.05) is 30.5 Å². The van der Waals surface area contributed by atoms with Crippen molar-refractivity contribution < 1.29 is 18.0 Å². The first-order valence-corrected chi connectivity index (χ1v) is 10.7. The van der Waals surface area contributed by atoms with Gasteiger partial charge in [0.1, 0.15) is 0 Å². The highest BCUT2D eigenvalue weighted by Gasteiger charge is 2.29. The number of alkyl halides is 3. The number of carbonyl (C=O) groups is 1. The molecule has 2 N–H and O–H groups in total. The minimum absolute atomic E-state index is 0.199. The Balaban J connectivity index is 1.32. The number of nitrogens with one attached hydrogen (secondary N) is 2. The number of fused-ring (bicyclic) bond motifs is 1. The number of nitrogens with zero attached hydrogens (tertiary/aromatic N) is 2. The van der Waals surface area contributed by atoms with Gasteiger partial charge in [-0.1, -0.05) is 53.4 Å². The van der Waals surface area contributed by atoms with Crippen molar-refractivity contribution in [2.45, 2.75) is 22.7 Å². The molecule has 0 unspecified atom stereocenters. The highest BCUT2D eigenvalue weighted by atomic mass is 32.2. The number of amides is 1. The molecular formula is C20H15F3N4OS2. The zero-order valence-corrected chi connectivity index (χ0v) is 17.0. The Hall–Kier alpha value is -2.85. The van der Waals surface area contributed by atoms with E-state index < -0.39 is 11.7 Å². The normalized spacial score (nSPS) is 11.7. The molecule has 2 aromatic carbocycles. The van der Waals surface area contributed by atoms with Crippen LogP contribution in [0.15, 0.2) is 59.1 Å². The molecule has 4 aromatic rings. The van der Waals surface area contributed by atoms with E-state index in [1.54, 1.807) is 0 Å². The SMILES string of the molecule is O=C(Cc1c[nH]c2ccccc12)Nc1nnc(SCc2ccc(C(F)(F)F)cc2)s1. The number of anilines is 1. The van der Waals surface area contributed by atoms with Crippen LogP contribution in [0.1, 0.15) is 16.7 Å². The fraction of sp³-hybridized carbons (Fsp3) is 0.150. The molecule has 0 bridgehead atoms. The van der Waals surface area contributed by atoms with Crippen LogP contribution in [0, 0.1) is 0 Å². The number of hydrogen-bond acceptors (Lipinski definition) is 5. The van der Waals surface area contributed by atoms with Crippen LogP contribution in [0.5, 0.6) is 0 Å². The molecule has 5 nitrogen and oxygen atoms in total. The molecule has 0 saturated carbocycles. The van der Waals surface area contributed by atoms with Gasteiger partial charge in [0.2, 0.25) is 11.0 Å². The topological polar surface area (TPSA) is 70.7 Å². The number of rotatable bonds is 6. The first-order chi connectivity index (χ1) is 14.4. The third kappa shape index (κ3) is 4.82. The fourth-order valence-electron chi connectivity index (χ4n) is 2.87. The average Bonchev–Trinajstić information content (AvgIpc) is 3.33. The maximum atomic E-state index is 12.6. The standard InChI is InChI=1S/C20H15F3N4OS2/c21-20(22,23)14-7-5-12(6-8-14)11-29-19-27-26-18(30-19)25-17(28)9-13-10-24-16-4-2-1-3-15(13)16/h1-8,10,24H,9,11H2,(H,25,26,28). The van der Waals surface area contributed by atoms with E-state index in [4.69, 9.17) is 0 Å². The van der Waals surface area contributed by atoms with Gasteiger partial charge in [-0.3, -0.25) is 4.79 Å². The number of para-hydroxylation sites is 1. The molecule has 2 heterocycles. The number of H-pyrrole nitrogens is 1. The van der Waals surface area contributed by atoms with E-state index in [1.165, 1.54) is 35.2 Å². The lowest BCUT2D eigenvalue weighted by Gasteiger charge is -2.06. The van der Waals surface area contributed by atoms with Crippen molar-refractivity contribution in [2.75, 3.05) is 5.32 Å². The van der Waals surface area contributed by atoms with Gasteiger partial charge >= 0.3 is 6.18 Å². The molecule has 0 saturated heterocycles. The molecule has 30 heavy (non-hydrogen) atoms. The second-order valence-electron chi connectivity index (χ2n) is 6.44. The van der Waals surface area contributed by atoms with Crippen molar-refractivity contribution in [1.82, 2.24) is 15.2 Å². The quantitative estimate of drug-likeness (QED) is 0.301. The fourth-order valence-corrected chi connectivity index (χ4v) is 4.59. The Morgan fingerprint density at radius 1 is 1.10 bits per heavy atom. The van der Waals surface area contributed by atoms with Crippen molar-refractivity contribution in [3.8, 4) is 0 Å². The monoisotopic (exact) mass is 448 g/mol. The third-order valence-electron chi connectivity index (χ3n) is 4.32. The van der Waals surface area contributed by atoms with E-state index in [-0.39, 0.29) is 12.3 Å². The van der Waals surface area contributed by atoms with Gasteiger partial charge in [-0.25, -0.2) is 0 Å². The van der Waals surface area contributed by atoms with Crippen molar-refractivity contribution in [3.05, 3.63) is 71.4 Å². The first-order valence-electron chi connectivity index (χ1n) is 8.86. The minimum atomic E-state index is -4.34. The number of aromatic nitrogens is 3. The van der Waals surface area contributed by atoms with Gasteiger partial charge in [0.15, 0.2) is 4.34 Å². The molecule has 4 rings (SSSR count). The van der Waals surface area contributed by atoms with Gasteiger partial charge < -0.3 is 10.3 Å². The Morgan fingerprint density at radius 3 is 2.63 bits per heavy atom. The van der Waals surface area contributed by atoms with Crippen molar-refractivity contribution >= 4 is 45.0 Å². The predicted octanol–water partition coefficient (Wildman–Crippen LogP) is 5.51. The highest BCUT2D eigenvalue weighted by molar-refractivity contribution is 8.00. The van der Waals surface area contributed by atoms with Crippen LogP contribution >= 0.6 is 23.1 Å². The van der Waals surface area contributed by atoms with Gasteiger partial charge in [-0.15, -0.1) is 10.2 Å². The molecule has 0 aliphatic rings. The zero-order valence-electron chi connectivity index (χ0n) is 15.4. The van der Waals surface area contributed by atoms with Gasteiger partial charge in [0.25, 0.3) is 0 Å². The second kappa shape index (κ2) is 8.49. The number of hydrogen-bond donors (Lipinski definition) is 2. The summed E-state index contributed by atoms with van der Waals surface area (Å²) in [7, 11) is 0. The molecule has 0 fully saturated rings. The van der Waals surface area contributed by atoms with Crippen LogP contribution in [0.3, 0.4) is 0 Å². The van der Waals surface area contributed by atoms with E-state index in [2.05, 4.69) is 20.5 Å². The van der Waals surface area contributed by atoms with Crippen LogP contribution in [0.2, 0.25) is 0 Å². The molecule has 2 aromatic heterocycles. The summed E-state index contributed by atoms with van der Waals surface area (Å²) >= 11 is 2.57. The predicted molar refractivity (Wildman–Crippen MR) is 112 cm³/mol. The van der Waals surface area contributed by atoms with Crippen molar-refractivity contribution in [3.63, 3.8) is 0 Å². The van der Waals surface area contributed by atoms with E-state index in [9.17, 15) is 18.0 Å². The molecule has 0 spiro atoms. The summed E-state index contributed by atoms with van der Waals surface area (Å²) in [4.78, 5) is 15.5. The Kier molecular flexibility index (Phi) is 5.78. The molecular weight excluding hydrogens is 433 g/mol. The number of carbonyl (C=O) groups excluding carboxylic acids is 1. The van der Waals surface area contributed by atoms with Crippen molar-refractivity contribution in [2.24, 2.45) is 0 Å². The van der Waals surface area contributed by atoms with Crippen molar-refractivity contribution in [1.29, 1.82) is 0 Å². The summed E-state index contributed by atoms with van der Waals surface area (Å²) in [6.45, 7) is 0. The largest absolute Gasteiger partial charge is 0.416 e. The first kappa shape index (κ1) is 20.4. The lowest BCUT2D eigenvalue weighted by atomic mass is 10.1. The van der Waals surface area contributed by atoms with Crippen LogP contribution in [0.25, 0.3) is 10.9 Å². The van der Waals surface area contributed by atoms with E-state index >= 15 is 0 Å². The van der Waals surface area contributed by atoms with Gasteiger partial charge in [-0.05, 0) is 29.3 Å². The summed E-state index contributed by atoms with van der Waals surface area (Å²) in [6.07, 6.45) is -2.32. The maximum Gasteiger partial charge on any atom is 0.416 e. The minimum Gasteiger partial charge on any atom is -0.361 e. The molecule has 10 heteroatoms. The lowest BCUT2D eigenvalue weighted by molar-refractivity contribution is -0.137. The van der Waals surface area contributed by atoms with Crippen LogP contribution in [0.4, 0.5) is 18.3 Å². The molecule has 0 atom stereocenters. The summed E-state index contributed by atoms with van der Waals surface area (Å²) in [5.41, 5.74) is 1.93. The van der Waals surface area contributed by atoms with Crippen LogP contribution < -0.4 is 5.32 Å². The molecule has 1 amide bonds. The Morgan fingerprint density at radius 2 is 1.87 bits per heavy atom. The molecule has 0 aliphatic heterocycles. The summed E-state index contributed by atoms with van der Waals surface area (Å²) in [5.74, 6) is 0.256. The molecule has 0 radical (unpaired) electrons. The smallest absolute Gasteiger partial charge is 0.361 e. The zero-order chi connectivity index (χ0) is 21.1. The highest BCUT2D eigenvalue weighted by Crippen LogP contribution is 2.31. The Labute approximate surface area is 177 Å². The number of benzene rings is 2. The number of aromatic amines is 1. The number of halogens is 3. The van der Waals surface area contributed by atoms with Gasteiger partial charge in [0.05, 0.1) is 12.0 Å². The second-order valence-corrected chi connectivity index (χ2v) is 8.64. The van der Waals surface area contributed by atoms with Gasteiger partial charge in [0, 0.05) is 22.9 Å². The summed E-state index contributed by atoms with van der Waals surface area (Å²) < 4.78 is 38.5. The number of thioether (sulfide) groups is 1. The van der Waals surface area contributed by atoms with E-state index in [0.717, 1.165) is 34.2 Å². The van der Waals surface area contributed by atoms with Crippen LogP contribution in [-0.4, -0.2) is 21.1 Å². The maximum absolute atomic E-state index is 12.6. The summed E-state index contributed by atoms with van der Waals surface area (Å²) in [6, 6.07) is 12.8. The van der Waals surface area contributed by atoms with Gasteiger partial charge in [-0.2, -0.15) is 13.2 Å². The summed E-state index contributed by atoms with van der Waals surface area (Å²) in [5, 5.41) is 12.1. The van der Waals surface area contributed by atoms with Crippen LogP contribution in [-0.2, 0) is 23.1 Å². The Bertz CT molecular complexity index is 1170. The average molecular weight is 448 g/mol. The third-order valence-corrected chi connectivity index (χ3v) is 6.37. The molecule has 0 aliphatic carbocycles. The molecule has 154 valence electrons. The van der Waals surface area contributed by atoms with E-state index in [0.29, 0.717) is 15.2 Å². The lowest BCUT2D eigenvalue weighted by Crippen LogP contribution is -2.14.